The van der Waals surface area contributed by atoms with Crippen molar-refractivity contribution in [3.63, 3.8) is 0 Å². The molecule has 4 aromatic rings. The van der Waals surface area contributed by atoms with E-state index in [0.29, 0.717) is 28.0 Å². The Hall–Kier alpha value is -2.90. The lowest BCUT2D eigenvalue weighted by atomic mass is 9.78. The van der Waals surface area contributed by atoms with E-state index in [-0.39, 0.29) is 17.2 Å². The Labute approximate surface area is 220 Å². The van der Waals surface area contributed by atoms with E-state index < -0.39 is 0 Å². The van der Waals surface area contributed by atoms with E-state index in [1.165, 1.54) is 18.2 Å². The van der Waals surface area contributed by atoms with Crippen molar-refractivity contribution in [2.75, 3.05) is 0 Å². The van der Waals surface area contributed by atoms with Crippen LogP contribution in [0.1, 0.15) is 40.0 Å². The summed E-state index contributed by atoms with van der Waals surface area (Å²) in [6, 6.07) is 17.6. The first-order chi connectivity index (χ1) is 17.4. The maximum absolute atomic E-state index is 12.9. The van der Waals surface area contributed by atoms with Crippen LogP contribution in [0.2, 0.25) is 5.02 Å². The van der Waals surface area contributed by atoms with Crippen LogP contribution in [0.3, 0.4) is 0 Å². The van der Waals surface area contributed by atoms with Gasteiger partial charge >= 0.3 is 0 Å². The summed E-state index contributed by atoms with van der Waals surface area (Å²) in [5, 5.41) is 13.4. The van der Waals surface area contributed by atoms with Crippen LogP contribution >= 0.6 is 23.4 Å². The predicted molar refractivity (Wildman–Crippen MR) is 145 cm³/mol. The van der Waals surface area contributed by atoms with Gasteiger partial charge in [-0.15, -0.1) is 10.2 Å². The summed E-state index contributed by atoms with van der Waals surface area (Å²) < 4.78 is 6.05. The topological polar surface area (TPSA) is 80.9 Å². The number of thioether (sulfide) groups is 1. The summed E-state index contributed by atoms with van der Waals surface area (Å²) in [5.41, 5.74) is 3.36. The highest BCUT2D eigenvalue weighted by molar-refractivity contribution is 8.00. The first-order valence-electron chi connectivity index (χ1n) is 12.4. The third-order valence-electron chi connectivity index (χ3n) is 7.17. The second kappa shape index (κ2) is 10.6. The number of nitrogens with one attached hydrogen (secondary N) is 1. The van der Waals surface area contributed by atoms with Crippen molar-refractivity contribution in [1.29, 1.82) is 0 Å². The molecular formula is C28H29ClN4O2S. The molecule has 6 nitrogen and oxygen atoms in total. The highest BCUT2D eigenvalue weighted by atomic mass is 35.5. The summed E-state index contributed by atoms with van der Waals surface area (Å²) in [7, 11) is 0. The number of benzene rings is 2. The largest absolute Gasteiger partial charge is 0.411 e. The molecule has 5 rings (SSSR count). The minimum Gasteiger partial charge on any atom is -0.411 e. The van der Waals surface area contributed by atoms with Gasteiger partial charge in [0.1, 0.15) is 0 Å². The Bertz CT molecular complexity index is 1370. The second-order valence-electron chi connectivity index (χ2n) is 9.59. The first-order valence-corrected chi connectivity index (χ1v) is 13.6. The van der Waals surface area contributed by atoms with Gasteiger partial charge in [0.2, 0.25) is 11.8 Å². The van der Waals surface area contributed by atoms with Gasteiger partial charge in [0.05, 0.1) is 22.0 Å². The Morgan fingerprint density at radius 2 is 1.89 bits per heavy atom. The van der Waals surface area contributed by atoms with Crippen LogP contribution < -0.4 is 5.32 Å². The van der Waals surface area contributed by atoms with Crippen molar-refractivity contribution >= 4 is 40.2 Å². The van der Waals surface area contributed by atoms with Gasteiger partial charge in [-0.2, -0.15) is 0 Å². The molecule has 2 heterocycles. The summed E-state index contributed by atoms with van der Waals surface area (Å²) in [4.78, 5) is 17.7. The normalized spacial score (nSPS) is 20.8. The average molecular weight is 521 g/mol. The lowest BCUT2D eigenvalue weighted by Gasteiger charge is -2.35. The van der Waals surface area contributed by atoms with E-state index in [1.807, 2.05) is 61.5 Å². The van der Waals surface area contributed by atoms with Crippen LogP contribution in [-0.4, -0.2) is 32.4 Å². The molecule has 1 aliphatic carbocycles. The zero-order valence-electron chi connectivity index (χ0n) is 20.6. The van der Waals surface area contributed by atoms with E-state index >= 15 is 0 Å². The van der Waals surface area contributed by atoms with Crippen LogP contribution in [0, 0.1) is 11.8 Å². The third kappa shape index (κ3) is 5.27. The number of hydrogen-bond acceptors (Lipinski definition) is 6. The second-order valence-corrected chi connectivity index (χ2v) is 11.3. The lowest BCUT2D eigenvalue weighted by Crippen LogP contribution is -2.46. The highest BCUT2D eigenvalue weighted by Gasteiger charge is 2.30. The first kappa shape index (κ1) is 24.8. The van der Waals surface area contributed by atoms with E-state index in [4.69, 9.17) is 21.0 Å². The molecule has 0 unspecified atom stereocenters. The number of fused-ring (bicyclic) bond motifs is 1. The standard InChI is InChI=1S/C28H29ClN4O2S/c1-16-7-6-10-23(17(16)2)31-26(34)18(3)36-28-33-32-27(35-28)22-15-25(19-11-13-20(29)14-12-19)30-24-9-5-4-8-21(22)24/h4-5,8-9,11-18,23H,6-7,10H2,1-3H3,(H,31,34)/t16-,17+,18-,23+/m1/s1. The molecule has 2 aromatic carbocycles. The predicted octanol–water partition coefficient (Wildman–Crippen LogP) is 7.03. The van der Waals surface area contributed by atoms with Gasteiger partial charge in [-0.25, -0.2) is 4.98 Å². The Morgan fingerprint density at radius 3 is 2.69 bits per heavy atom. The molecule has 0 bridgehead atoms. The Morgan fingerprint density at radius 1 is 1.11 bits per heavy atom. The summed E-state index contributed by atoms with van der Waals surface area (Å²) in [5.74, 6) is 1.50. The van der Waals surface area contributed by atoms with E-state index in [9.17, 15) is 4.79 Å². The van der Waals surface area contributed by atoms with Gasteiger partial charge in [0.25, 0.3) is 5.22 Å². The van der Waals surface area contributed by atoms with Crippen molar-refractivity contribution in [2.45, 2.75) is 56.5 Å². The fourth-order valence-corrected chi connectivity index (χ4v) is 5.60. The van der Waals surface area contributed by atoms with Crippen molar-refractivity contribution in [1.82, 2.24) is 20.5 Å². The van der Waals surface area contributed by atoms with Crippen LogP contribution in [-0.2, 0) is 4.79 Å². The molecule has 0 spiro atoms. The van der Waals surface area contributed by atoms with E-state index in [2.05, 4.69) is 29.4 Å². The maximum Gasteiger partial charge on any atom is 0.277 e. The fourth-order valence-electron chi connectivity index (χ4n) is 4.78. The molecule has 0 aliphatic heterocycles. The number of para-hydroxylation sites is 1. The summed E-state index contributed by atoms with van der Waals surface area (Å²) >= 11 is 7.35. The summed E-state index contributed by atoms with van der Waals surface area (Å²) in [6.07, 6.45) is 3.42. The zero-order chi connectivity index (χ0) is 25.2. The number of rotatable bonds is 6. The average Bonchev–Trinajstić information content (AvgIpc) is 3.34. The zero-order valence-corrected chi connectivity index (χ0v) is 22.1. The number of aromatic nitrogens is 3. The van der Waals surface area contributed by atoms with Crippen LogP contribution in [0.4, 0.5) is 0 Å². The number of halogens is 1. The summed E-state index contributed by atoms with van der Waals surface area (Å²) in [6.45, 7) is 6.37. The van der Waals surface area contributed by atoms with Crippen LogP contribution in [0.15, 0.2) is 64.2 Å². The van der Waals surface area contributed by atoms with Crippen LogP contribution in [0.25, 0.3) is 33.6 Å². The molecule has 2 aromatic heterocycles. The Kier molecular flexibility index (Phi) is 7.30. The number of hydrogen-bond donors (Lipinski definition) is 1. The molecule has 186 valence electrons. The molecule has 36 heavy (non-hydrogen) atoms. The monoisotopic (exact) mass is 520 g/mol. The van der Waals surface area contributed by atoms with E-state index in [1.54, 1.807) is 0 Å². The van der Waals surface area contributed by atoms with Crippen molar-refractivity contribution < 1.29 is 9.21 Å². The Balaban J connectivity index is 1.37. The number of carbonyl (C=O) groups is 1. The fraction of sp³-hybridized carbons (Fsp3) is 0.357. The molecule has 0 radical (unpaired) electrons. The molecule has 1 amide bonds. The van der Waals surface area contributed by atoms with Crippen molar-refractivity contribution in [3.8, 4) is 22.7 Å². The molecule has 0 saturated heterocycles. The quantitative estimate of drug-likeness (QED) is 0.275. The van der Waals surface area contributed by atoms with Gasteiger partial charge in [-0.05, 0) is 49.4 Å². The molecule has 1 fully saturated rings. The molecule has 1 aliphatic rings. The third-order valence-corrected chi connectivity index (χ3v) is 8.36. The molecule has 1 N–H and O–H groups in total. The van der Waals surface area contributed by atoms with Crippen molar-refractivity contribution in [2.24, 2.45) is 11.8 Å². The number of amides is 1. The van der Waals surface area contributed by atoms with Crippen molar-refractivity contribution in [3.05, 3.63) is 59.6 Å². The minimum atomic E-state index is -0.346. The molecule has 4 atom stereocenters. The highest BCUT2D eigenvalue weighted by Crippen LogP contribution is 2.34. The lowest BCUT2D eigenvalue weighted by molar-refractivity contribution is -0.121. The maximum atomic E-state index is 12.9. The van der Waals surface area contributed by atoms with Gasteiger partial charge < -0.3 is 9.73 Å². The van der Waals surface area contributed by atoms with Gasteiger partial charge in [-0.1, -0.05) is 80.4 Å². The minimum absolute atomic E-state index is 0.00471. The smallest absolute Gasteiger partial charge is 0.277 e. The van der Waals surface area contributed by atoms with Gasteiger partial charge in [0, 0.05) is 22.0 Å². The number of pyridine rings is 1. The molecular weight excluding hydrogens is 492 g/mol. The van der Waals surface area contributed by atoms with E-state index in [0.717, 1.165) is 40.6 Å². The van der Waals surface area contributed by atoms with Gasteiger partial charge in [-0.3, -0.25) is 4.79 Å². The molecule has 8 heteroatoms. The number of carbonyl (C=O) groups excluding carboxylic acids is 1. The van der Waals surface area contributed by atoms with Crippen LogP contribution in [0.5, 0.6) is 0 Å². The SMILES string of the molecule is C[C@H]1[C@H](C)CCC[C@@H]1NC(=O)[C@@H](C)Sc1nnc(-c2cc(-c3ccc(Cl)cc3)nc3ccccc23)o1. The molecule has 1 saturated carbocycles. The van der Waals surface area contributed by atoms with Gasteiger partial charge in [0.15, 0.2) is 0 Å². The number of nitrogens with zero attached hydrogens (tertiary/aromatic N) is 3.